The van der Waals surface area contributed by atoms with E-state index < -0.39 is 62.0 Å². The maximum absolute atomic E-state index is 13.4. The summed E-state index contributed by atoms with van der Waals surface area (Å²) in [6, 6.07) is 6.39. The normalized spacial score (nSPS) is 23.1. The van der Waals surface area contributed by atoms with Gasteiger partial charge in [-0.3, -0.25) is 4.79 Å². The molecule has 2 aromatic carbocycles. The lowest BCUT2D eigenvalue weighted by molar-refractivity contribution is -0.143. The van der Waals surface area contributed by atoms with Crippen LogP contribution in [0.3, 0.4) is 0 Å². The van der Waals surface area contributed by atoms with Gasteiger partial charge < -0.3 is 4.90 Å². The minimum absolute atomic E-state index is 0.0189. The van der Waals surface area contributed by atoms with Crippen molar-refractivity contribution < 1.29 is 39.6 Å². The van der Waals surface area contributed by atoms with Crippen LogP contribution in [0.15, 0.2) is 47.5 Å². The number of nitrogens with zero attached hydrogens (tertiary/aromatic N) is 2. The number of carbonyl (C=O) groups is 1. The van der Waals surface area contributed by atoms with Crippen LogP contribution in [-0.4, -0.2) is 42.3 Å². The van der Waals surface area contributed by atoms with Gasteiger partial charge >= 0.3 is 12.4 Å². The van der Waals surface area contributed by atoms with Gasteiger partial charge in [0.1, 0.15) is 0 Å². The van der Waals surface area contributed by atoms with E-state index in [1.54, 1.807) is 24.3 Å². The molecule has 0 spiro atoms. The first-order chi connectivity index (χ1) is 16.1. The third-order valence-corrected chi connectivity index (χ3v) is 9.02. The number of amides is 1. The third-order valence-electron chi connectivity index (χ3n) is 5.44. The van der Waals surface area contributed by atoms with Crippen molar-refractivity contribution in [1.29, 1.82) is 0 Å². The van der Waals surface area contributed by atoms with Crippen molar-refractivity contribution >= 4 is 50.0 Å². The molecule has 0 N–H and O–H groups in total. The summed E-state index contributed by atoms with van der Waals surface area (Å²) in [6.45, 7) is 0. The highest BCUT2D eigenvalue weighted by Crippen LogP contribution is 2.44. The molecule has 0 saturated carbocycles. The van der Waals surface area contributed by atoms with E-state index in [-0.39, 0.29) is 28.4 Å². The van der Waals surface area contributed by atoms with Crippen LogP contribution in [-0.2, 0) is 33.4 Å². The Bertz CT molecular complexity index is 1280. The lowest BCUT2D eigenvalue weighted by Gasteiger charge is -2.26. The summed E-state index contributed by atoms with van der Waals surface area (Å²) in [7, 11) is -3.59. The van der Waals surface area contributed by atoms with E-state index in [1.807, 2.05) is 0 Å². The SMILES string of the molecule is O=C(Cc1ccccc1Cl)N=C1S[C@@H]2CS(=O)(=O)C[C@H]2N1c1cc(C(F)(F)F)cc(C(F)(F)F)c1. The monoisotopic (exact) mass is 556 g/mol. The predicted molar refractivity (Wildman–Crippen MR) is 120 cm³/mol. The number of carbonyl (C=O) groups excluding carboxylic acids is 1. The molecule has 0 aliphatic carbocycles. The highest BCUT2D eigenvalue weighted by Gasteiger charge is 2.50. The van der Waals surface area contributed by atoms with Gasteiger partial charge in [-0.15, -0.1) is 0 Å². The third kappa shape index (κ3) is 5.61. The van der Waals surface area contributed by atoms with Gasteiger partial charge in [0.25, 0.3) is 5.91 Å². The molecule has 2 atom stereocenters. The van der Waals surface area contributed by atoms with Gasteiger partial charge in [0, 0.05) is 16.0 Å². The number of fused-ring (bicyclic) bond motifs is 1. The summed E-state index contributed by atoms with van der Waals surface area (Å²) in [5.74, 6) is -1.58. The quantitative estimate of drug-likeness (QED) is 0.485. The molecule has 5 nitrogen and oxygen atoms in total. The van der Waals surface area contributed by atoms with Crippen molar-refractivity contribution in [3.63, 3.8) is 0 Å². The molecule has 188 valence electrons. The second-order valence-electron chi connectivity index (χ2n) is 7.99. The molecule has 0 bridgehead atoms. The van der Waals surface area contributed by atoms with Crippen molar-refractivity contribution in [3.8, 4) is 0 Å². The average molecular weight is 557 g/mol. The van der Waals surface area contributed by atoms with Gasteiger partial charge in [0.15, 0.2) is 15.0 Å². The molecule has 0 aromatic heterocycles. The lowest BCUT2D eigenvalue weighted by Crippen LogP contribution is -2.38. The summed E-state index contributed by atoms with van der Waals surface area (Å²) < 4.78 is 105. The van der Waals surface area contributed by atoms with Crippen LogP contribution >= 0.6 is 23.4 Å². The number of alkyl halides is 6. The van der Waals surface area contributed by atoms with E-state index in [0.717, 1.165) is 16.7 Å². The molecule has 2 aliphatic rings. The first-order valence-corrected chi connectivity index (χ1v) is 13.0. The van der Waals surface area contributed by atoms with Crippen LogP contribution in [0, 0.1) is 0 Å². The second-order valence-corrected chi connectivity index (χ2v) is 11.8. The molecule has 2 saturated heterocycles. The summed E-state index contributed by atoms with van der Waals surface area (Å²) in [5.41, 5.74) is -3.23. The molecule has 2 fully saturated rings. The number of aliphatic imine (C=N–C) groups is 1. The summed E-state index contributed by atoms with van der Waals surface area (Å²) in [4.78, 5) is 17.6. The van der Waals surface area contributed by atoms with Crippen LogP contribution in [0.25, 0.3) is 0 Å². The minimum Gasteiger partial charge on any atom is -0.316 e. The van der Waals surface area contributed by atoms with Gasteiger partial charge in [0.2, 0.25) is 0 Å². The van der Waals surface area contributed by atoms with E-state index in [1.165, 1.54) is 0 Å². The van der Waals surface area contributed by atoms with Gasteiger partial charge in [-0.2, -0.15) is 31.3 Å². The van der Waals surface area contributed by atoms with E-state index in [9.17, 15) is 39.6 Å². The number of anilines is 1. The van der Waals surface area contributed by atoms with Crippen LogP contribution < -0.4 is 4.90 Å². The van der Waals surface area contributed by atoms with E-state index in [0.29, 0.717) is 17.7 Å². The number of hydrogen-bond acceptors (Lipinski definition) is 4. The van der Waals surface area contributed by atoms with Crippen LogP contribution in [0.5, 0.6) is 0 Å². The van der Waals surface area contributed by atoms with Crippen LogP contribution in [0.1, 0.15) is 16.7 Å². The molecule has 1 amide bonds. The zero-order chi connectivity index (χ0) is 25.8. The lowest BCUT2D eigenvalue weighted by atomic mass is 10.1. The molecule has 35 heavy (non-hydrogen) atoms. The first-order valence-electron chi connectivity index (χ1n) is 9.95. The minimum atomic E-state index is -5.10. The number of sulfone groups is 1. The van der Waals surface area contributed by atoms with E-state index >= 15 is 0 Å². The Morgan fingerprint density at radius 3 is 2.20 bits per heavy atom. The topological polar surface area (TPSA) is 66.8 Å². The second kappa shape index (κ2) is 9.00. The Morgan fingerprint density at radius 1 is 1.03 bits per heavy atom. The molecule has 0 unspecified atom stereocenters. The molecular formula is C21H15ClF6N2O3S2. The molecule has 14 heteroatoms. The largest absolute Gasteiger partial charge is 0.416 e. The fraction of sp³-hybridized carbons (Fsp3) is 0.333. The predicted octanol–water partition coefficient (Wildman–Crippen LogP) is 5.22. The highest BCUT2D eigenvalue weighted by molar-refractivity contribution is 8.16. The summed E-state index contributed by atoms with van der Waals surface area (Å²) >= 11 is 6.88. The van der Waals surface area contributed by atoms with E-state index in [4.69, 9.17) is 11.6 Å². The van der Waals surface area contributed by atoms with Crippen molar-refractivity contribution in [2.45, 2.75) is 30.1 Å². The van der Waals surface area contributed by atoms with Crippen molar-refractivity contribution in [3.05, 3.63) is 64.2 Å². The van der Waals surface area contributed by atoms with Crippen molar-refractivity contribution in [2.24, 2.45) is 4.99 Å². The highest BCUT2D eigenvalue weighted by atomic mass is 35.5. The summed E-state index contributed by atoms with van der Waals surface area (Å²) in [5, 5.41) is -0.595. The fourth-order valence-corrected chi connectivity index (χ4v) is 8.03. The number of rotatable bonds is 3. The molecule has 4 rings (SSSR count). The van der Waals surface area contributed by atoms with Gasteiger partial charge in [0.05, 0.1) is 35.1 Å². The van der Waals surface area contributed by atoms with Crippen molar-refractivity contribution in [2.75, 3.05) is 16.4 Å². The smallest absolute Gasteiger partial charge is 0.316 e. The Morgan fingerprint density at radius 2 is 1.63 bits per heavy atom. The number of halogens is 7. The first kappa shape index (κ1) is 25.8. The maximum Gasteiger partial charge on any atom is 0.416 e. The number of thioether (sulfide) groups is 1. The van der Waals surface area contributed by atoms with Gasteiger partial charge in [-0.1, -0.05) is 41.6 Å². The summed E-state index contributed by atoms with van der Waals surface area (Å²) in [6.07, 6.45) is -10.5. The fourth-order valence-electron chi connectivity index (χ4n) is 3.89. The van der Waals surface area contributed by atoms with Crippen LogP contribution in [0.4, 0.5) is 32.0 Å². The Hall–Kier alpha value is -2.25. The standard InChI is InChI=1S/C21H15ClF6N2O3S2/c22-15-4-2-1-3-11(15)5-18(31)29-19-30(16-9-35(32,33)10-17(16)34-19)14-7-12(20(23,24)25)6-13(8-14)21(26,27)28/h1-4,6-8,16-17H,5,9-10H2/t16-,17-/m1/s1. The zero-order valence-electron chi connectivity index (χ0n) is 17.4. The number of hydrogen-bond donors (Lipinski definition) is 0. The molecule has 2 aliphatic heterocycles. The number of amidine groups is 1. The molecular weight excluding hydrogens is 542 g/mol. The molecule has 0 radical (unpaired) electrons. The average Bonchev–Trinajstić information content (AvgIpc) is 3.18. The zero-order valence-corrected chi connectivity index (χ0v) is 19.8. The van der Waals surface area contributed by atoms with Gasteiger partial charge in [-0.05, 0) is 29.8 Å². The molecule has 2 aromatic rings. The molecule has 2 heterocycles. The Kier molecular flexibility index (Phi) is 6.64. The van der Waals surface area contributed by atoms with E-state index in [2.05, 4.69) is 4.99 Å². The maximum atomic E-state index is 13.4. The number of benzene rings is 2. The Labute approximate surface area is 205 Å². The van der Waals surface area contributed by atoms with Gasteiger partial charge in [-0.25, -0.2) is 8.42 Å². The van der Waals surface area contributed by atoms with Crippen LogP contribution in [0.2, 0.25) is 5.02 Å². The van der Waals surface area contributed by atoms with Crippen molar-refractivity contribution in [1.82, 2.24) is 0 Å². The Balaban J connectivity index is 1.79.